The van der Waals surface area contributed by atoms with Crippen molar-refractivity contribution in [2.24, 2.45) is 0 Å². The molecule has 1 amide bonds. The normalized spacial score (nSPS) is 14.6. The summed E-state index contributed by atoms with van der Waals surface area (Å²) in [5.74, 6) is -0.506. The smallest absolute Gasteiger partial charge is 0.238 e. The fourth-order valence-electron chi connectivity index (χ4n) is 3.22. The summed E-state index contributed by atoms with van der Waals surface area (Å²) in [4.78, 5) is 16.4. The summed E-state index contributed by atoms with van der Waals surface area (Å²) in [6, 6.07) is 14.1. The molecular formula is C21H25FN4OS. The molecule has 1 aliphatic heterocycles. The molecule has 1 saturated heterocycles. The summed E-state index contributed by atoms with van der Waals surface area (Å²) in [5, 5.41) is 6.80. The van der Waals surface area contributed by atoms with Crippen LogP contribution in [0.1, 0.15) is 12.5 Å². The zero-order valence-electron chi connectivity index (χ0n) is 16.0. The fraction of sp³-hybridized carbons (Fsp3) is 0.333. The van der Waals surface area contributed by atoms with Gasteiger partial charge >= 0.3 is 0 Å². The largest absolute Gasteiger partial charge is 0.346 e. The van der Waals surface area contributed by atoms with E-state index >= 15 is 0 Å². The van der Waals surface area contributed by atoms with Crippen LogP contribution in [-0.2, 0) is 11.2 Å². The van der Waals surface area contributed by atoms with Crippen LogP contribution in [0.2, 0.25) is 0 Å². The third-order valence-electron chi connectivity index (χ3n) is 4.77. The van der Waals surface area contributed by atoms with E-state index in [4.69, 9.17) is 12.2 Å². The van der Waals surface area contributed by atoms with Gasteiger partial charge in [-0.15, -0.1) is 0 Å². The third kappa shape index (κ3) is 5.50. The Hall–Kier alpha value is -2.51. The van der Waals surface area contributed by atoms with Crippen molar-refractivity contribution in [1.82, 2.24) is 9.80 Å². The Kier molecular flexibility index (Phi) is 6.95. The summed E-state index contributed by atoms with van der Waals surface area (Å²) in [6.07, 6.45) is 0.944. The second-order valence-corrected chi connectivity index (χ2v) is 7.15. The molecule has 1 heterocycles. The van der Waals surface area contributed by atoms with Crippen LogP contribution in [0.15, 0.2) is 48.5 Å². The number of carbonyl (C=O) groups excluding carboxylic acids is 1. The third-order valence-corrected chi connectivity index (χ3v) is 5.14. The highest BCUT2D eigenvalue weighted by atomic mass is 32.1. The second-order valence-electron chi connectivity index (χ2n) is 6.76. The van der Waals surface area contributed by atoms with Crippen molar-refractivity contribution in [2.75, 3.05) is 43.4 Å². The monoisotopic (exact) mass is 400 g/mol. The quantitative estimate of drug-likeness (QED) is 0.754. The number of piperazine rings is 1. The van der Waals surface area contributed by atoms with Crippen molar-refractivity contribution < 1.29 is 9.18 Å². The van der Waals surface area contributed by atoms with Crippen molar-refractivity contribution >= 4 is 34.6 Å². The summed E-state index contributed by atoms with van der Waals surface area (Å²) in [5.41, 5.74) is 2.76. The van der Waals surface area contributed by atoms with Gasteiger partial charge in [0.1, 0.15) is 5.82 Å². The summed E-state index contributed by atoms with van der Waals surface area (Å²) >= 11 is 5.57. The Morgan fingerprint density at radius 2 is 1.82 bits per heavy atom. The van der Waals surface area contributed by atoms with Crippen LogP contribution in [0.3, 0.4) is 0 Å². The highest BCUT2D eigenvalue weighted by Gasteiger charge is 2.21. The standard InChI is InChI=1S/C21H25FN4OS/c1-2-16-6-3-4-9-19(16)24-21(28)26-12-10-25(11-13-26)15-20(27)23-18-8-5-7-17(22)14-18/h3-9,14H,2,10-13,15H2,1H3,(H,23,27)(H,24,28). The number of aryl methyl sites for hydroxylation is 1. The first kappa shape index (κ1) is 20.2. The average Bonchev–Trinajstić information content (AvgIpc) is 2.69. The van der Waals surface area contributed by atoms with Gasteiger partial charge in [-0.25, -0.2) is 4.39 Å². The molecule has 148 valence electrons. The molecule has 1 aliphatic rings. The Labute approximate surface area is 170 Å². The van der Waals surface area contributed by atoms with Crippen LogP contribution in [0.4, 0.5) is 15.8 Å². The first-order valence-corrected chi connectivity index (χ1v) is 9.87. The number of amides is 1. The molecule has 0 radical (unpaired) electrons. The van der Waals surface area contributed by atoms with E-state index in [0.717, 1.165) is 38.3 Å². The predicted octanol–water partition coefficient (Wildman–Crippen LogP) is 3.34. The molecule has 0 spiro atoms. The molecule has 3 rings (SSSR count). The highest BCUT2D eigenvalue weighted by Crippen LogP contribution is 2.17. The second kappa shape index (κ2) is 9.61. The van der Waals surface area contributed by atoms with Gasteiger partial charge in [-0.1, -0.05) is 31.2 Å². The summed E-state index contributed by atoms with van der Waals surface area (Å²) in [6.45, 7) is 5.41. The molecule has 0 aliphatic carbocycles. The van der Waals surface area contributed by atoms with Gasteiger partial charge in [-0.2, -0.15) is 0 Å². The molecule has 2 N–H and O–H groups in total. The molecule has 0 bridgehead atoms. The number of nitrogens with one attached hydrogen (secondary N) is 2. The highest BCUT2D eigenvalue weighted by molar-refractivity contribution is 7.80. The lowest BCUT2D eigenvalue weighted by molar-refractivity contribution is -0.117. The maximum absolute atomic E-state index is 13.2. The van der Waals surface area contributed by atoms with Crippen LogP contribution in [0, 0.1) is 5.82 Å². The summed E-state index contributed by atoms with van der Waals surface area (Å²) < 4.78 is 13.2. The van der Waals surface area contributed by atoms with Crippen LogP contribution in [0.25, 0.3) is 0 Å². The number of hydrogen-bond donors (Lipinski definition) is 2. The lowest BCUT2D eigenvalue weighted by atomic mass is 10.1. The van der Waals surface area contributed by atoms with Gasteiger partial charge in [0.25, 0.3) is 0 Å². The van der Waals surface area contributed by atoms with E-state index in [1.54, 1.807) is 12.1 Å². The maximum atomic E-state index is 13.2. The molecule has 0 atom stereocenters. The zero-order chi connectivity index (χ0) is 19.9. The molecule has 2 aromatic carbocycles. The Bertz CT molecular complexity index is 837. The molecule has 0 saturated carbocycles. The number of carbonyl (C=O) groups is 1. The van der Waals surface area contributed by atoms with Crippen LogP contribution in [-0.4, -0.2) is 53.5 Å². The van der Waals surface area contributed by atoms with Gasteiger partial charge in [-0.3, -0.25) is 9.69 Å². The van der Waals surface area contributed by atoms with Gasteiger partial charge < -0.3 is 15.5 Å². The SMILES string of the molecule is CCc1ccccc1NC(=S)N1CCN(CC(=O)Nc2cccc(F)c2)CC1. The Balaban J connectivity index is 1.46. The van der Waals surface area contributed by atoms with Gasteiger partial charge in [0.05, 0.1) is 6.54 Å². The molecule has 0 unspecified atom stereocenters. The van der Waals surface area contributed by atoms with Crippen molar-refractivity contribution in [3.63, 3.8) is 0 Å². The molecule has 28 heavy (non-hydrogen) atoms. The number of anilines is 2. The molecular weight excluding hydrogens is 375 g/mol. The number of benzene rings is 2. The van der Waals surface area contributed by atoms with E-state index < -0.39 is 0 Å². The minimum absolute atomic E-state index is 0.142. The van der Waals surface area contributed by atoms with Crippen molar-refractivity contribution in [2.45, 2.75) is 13.3 Å². The molecule has 0 aromatic heterocycles. The number of thiocarbonyl (C=S) groups is 1. The Morgan fingerprint density at radius 1 is 1.07 bits per heavy atom. The van der Waals surface area contributed by atoms with E-state index in [9.17, 15) is 9.18 Å². The van der Waals surface area contributed by atoms with E-state index in [0.29, 0.717) is 10.8 Å². The van der Waals surface area contributed by atoms with Gasteiger partial charge in [0.15, 0.2) is 5.11 Å². The Morgan fingerprint density at radius 3 is 2.54 bits per heavy atom. The molecule has 2 aromatic rings. The van der Waals surface area contributed by atoms with E-state index in [2.05, 4.69) is 33.4 Å². The predicted molar refractivity (Wildman–Crippen MR) is 115 cm³/mol. The van der Waals surface area contributed by atoms with Crippen LogP contribution < -0.4 is 10.6 Å². The van der Waals surface area contributed by atoms with E-state index in [1.807, 2.05) is 18.2 Å². The fourth-order valence-corrected chi connectivity index (χ4v) is 3.52. The lowest BCUT2D eigenvalue weighted by Crippen LogP contribution is -2.51. The van der Waals surface area contributed by atoms with Crippen molar-refractivity contribution in [3.8, 4) is 0 Å². The van der Waals surface area contributed by atoms with Gasteiger partial charge in [0.2, 0.25) is 5.91 Å². The topological polar surface area (TPSA) is 47.6 Å². The van der Waals surface area contributed by atoms with Crippen molar-refractivity contribution in [3.05, 3.63) is 59.9 Å². The maximum Gasteiger partial charge on any atom is 0.238 e. The molecule has 5 nitrogen and oxygen atoms in total. The zero-order valence-corrected chi connectivity index (χ0v) is 16.8. The number of hydrogen-bond acceptors (Lipinski definition) is 3. The first-order valence-electron chi connectivity index (χ1n) is 9.46. The minimum atomic E-state index is -0.364. The average molecular weight is 401 g/mol. The van der Waals surface area contributed by atoms with Gasteiger partial charge in [-0.05, 0) is 48.5 Å². The van der Waals surface area contributed by atoms with Crippen LogP contribution in [0.5, 0.6) is 0 Å². The van der Waals surface area contributed by atoms with Crippen LogP contribution >= 0.6 is 12.2 Å². The summed E-state index contributed by atoms with van der Waals surface area (Å²) in [7, 11) is 0. The number of para-hydroxylation sites is 1. The van der Waals surface area contributed by atoms with Gasteiger partial charge in [0, 0.05) is 37.6 Å². The lowest BCUT2D eigenvalue weighted by Gasteiger charge is -2.36. The van der Waals surface area contributed by atoms with E-state index in [1.165, 1.54) is 17.7 Å². The van der Waals surface area contributed by atoms with Crippen molar-refractivity contribution in [1.29, 1.82) is 0 Å². The minimum Gasteiger partial charge on any atom is -0.346 e. The molecule has 1 fully saturated rings. The number of rotatable bonds is 5. The number of nitrogens with zero attached hydrogens (tertiary/aromatic N) is 2. The first-order chi connectivity index (χ1) is 13.5. The molecule has 7 heteroatoms. The van der Waals surface area contributed by atoms with E-state index in [-0.39, 0.29) is 18.3 Å². The number of halogens is 1.